The first-order valence-corrected chi connectivity index (χ1v) is 20.8. The van der Waals surface area contributed by atoms with E-state index in [0.717, 1.165) is 66.8 Å². The van der Waals surface area contributed by atoms with Crippen LogP contribution in [0.2, 0.25) is 0 Å². The van der Waals surface area contributed by atoms with Crippen LogP contribution in [-0.2, 0) is 0 Å². The molecule has 2 heterocycles. The van der Waals surface area contributed by atoms with Gasteiger partial charge in [-0.3, -0.25) is 0 Å². The second-order valence-electron chi connectivity index (χ2n) is 15.7. The second-order valence-corrected chi connectivity index (χ2v) is 15.7. The zero-order chi connectivity index (χ0) is 40.3. The monoisotopic (exact) mass is 778 g/mol. The minimum atomic E-state index is 0.896. The Morgan fingerprint density at radius 3 is 1.54 bits per heavy atom. The molecule has 2 aromatic heterocycles. The van der Waals surface area contributed by atoms with Crippen molar-refractivity contribution in [2.24, 2.45) is 0 Å². The summed E-state index contributed by atoms with van der Waals surface area (Å²) in [5.41, 5.74) is 15.6. The SMILES string of the molecule is c1ccc(-c2cccc(N(c3ccc(-c4cccc(-n5c6ccccc6c6ccccc65)c4)cc3)c3ccc(-c4ccc5c(c4)oc4c6ccccc6ccc54)cc3)c2)cc1. The molecular weight excluding hydrogens is 741 g/mol. The molecule has 0 aliphatic carbocycles. The van der Waals surface area contributed by atoms with Gasteiger partial charge in [0, 0.05) is 49.7 Å². The fourth-order valence-electron chi connectivity index (χ4n) is 9.22. The lowest BCUT2D eigenvalue weighted by atomic mass is 10.0. The molecule has 0 fully saturated rings. The van der Waals surface area contributed by atoms with Crippen LogP contribution in [-0.4, -0.2) is 4.57 Å². The molecule has 0 aliphatic rings. The molecule has 0 amide bonds. The summed E-state index contributed by atoms with van der Waals surface area (Å²) in [6.07, 6.45) is 0. The van der Waals surface area contributed by atoms with E-state index in [9.17, 15) is 0 Å². The molecule has 3 nitrogen and oxygen atoms in total. The van der Waals surface area contributed by atoms with Crippen LogP contribution in [0.15, 0.2) is 235 Å². The predicted octanol–water partition coefficient (Wildman–Crippen LogP) is 16.3. The Morgan fingerprint density at radius 1 is 0.311 bits per heavy atom. The van der Waals surface area contributed by atoms with E-state index >= 15 is 0 Å². The molecule has 0 aliphatic heterocycles. The van der Waals surface area contributed by atoms with E-state index < -0.39 is 0 Å². The molecule has 12 rings (SSSR count). The van der Waals surface area contributed by atoms with Crippen LogP contribution in [0.4, 0.5) is 17.1 Å². The largest absolute Gasteiger partial charge is 0.455 e. The lowest BCUT2D eigenvalue weighted by Crippen LogP contribution is -2.10. The van der Waals surface area contributed by atoms with E-state index in [4.69, 9.17) is 4.42 Å². The fraction of sp³-hybridized carbons (Fsp3) is 0. The van der Waals surface area contributed by atoms with Crippen molar-refractivity contribution in [3.05, 3.63) is 231 Å². The number of para-hydroxylation sites is 2. The van der Waals surface area contributed by atoms with Crippen LogP contribution < -0.4 is 4.90 Å². The summed E-state index contributed by atoms with van der Waals surface area (Å²) in [7, 11) is 0. The molecule has 0 spiro atoms. The number of hydrogen-bond acceptors (Lipinski definition) is 2. The first-order chi connectivity index (χ1) is 30.2. The van der Waals surface area contributed by atoms with Gasteiger partial charge in [-0.25, -0.2) is 0 Å². The lowest BCUT2D eigenvalue weighted by Gasteiger charge is -2.26. The minimum Gasteiger partial charge on any atom is -0.455 e. The number of benzene rings is 10. The van der Waals surface area contributed by atoms with Gasteiger partial charge < -0.3 is 13.9 Å². The van der Waals surface area contributed by atoms with Crippen LogP contribution >= 0.6 is 0 Å². The van der Waals surface area contributed by atoms with Gasteiger partial charge in [0.2, 0.25) is 0 Å². The van der Waals surface area contributed by atoms with E-state index in [1.165, 1.54) is 43.9 Å². The average Bonchev–Trinajstić information content (AvgIpc) is 3.88. The van der Waals surface area contributed by atoms with Gasteiger partial charge in [0.15, 0.2) is 0 Å². The normalized spacial score (nSPS) is 11.6. The van der Waals surface area contributed by atoms with E-state index in [2.05, 4.69) is 240 Å². The molecule has 3 heteroatoms. The quantitative estimate of drug-likeness (QED) is 0.161. The summed E-state index contributed by atoms with van der Waals surface area (Å²) in [5, 5.41) is 7.12. The Morgan fingerprint density at radius 2 is 0.836 bits per heavy atom. The molecule has 0 saturated carbocycles. The van der Waals surface area contributed by atoms with Crippen LogP contribution in [0, 0.1) is 0 Å². The maximum atomic E-state index is 6.54. The highest BCUT2D eigenvalue weighted by atomic mass is 16.3. The minimum absolute atomic E-state index is 0.896. The molecule has 0 saturated heterocycles. The van der Waals surface area contributed by atoms with Crippen molar-refractivity contribution in [2.75, 3.05) is 4.90 Å². The molecule has 61 heavy (non-hydrogen) atoms. The van der Waals surface area contributed by atoms with Gasteiger partial charge in [0.25, 0.3) is 0 Å². The third-order valence-electron chi connectivity index (χ3n) is 12.2. The fourth-order valence-corrected chi connectivity index (χ4v) is 9.22. The molecular formula is C58H38N2O. The number of hydrogen-bond donors (Lipinski definition) is 0. The van der Waals surface area contributed by atoms with Crippen molar-refractivity contribution >= 4 is 71.6 Å². The van der Waals surface area contributed by atoms with Crippen molar-refractivity contribution in [2.45, 2.75) is 0 Å². The molecule has 10 aromatic carbocycles. The third-order valence-corrected chi connectivity index (χ3v) is 12.2. The van der Waals surface area contributed by atoms with Crippen molar-refractivity contribution in [3.8, 4) is 39.1 Å². The highest BCUT2D eigenvalue weighted by Gasteiger charge is 2.17. The Labute approximate surface area is 353 Å². The molecule has 0 N–H and O–H groups in total. The molecule has 12 aromatic rings. The van der Waals surface area contributed by atoms with E-state index in [0.29, 0.717) is 0 Å². The summed E-state index contributed by atoms with van der Waals surface area (Å²) in [5.74, 6) is 0. The number of nitrogens with zero attached hydrogens (tertiary/aromatic N) is 2. The first kappa shape index (κ1) is 34.9. The van der Waals surface area contributed by atoms with E-state index in [1.807, 2.05) is 0 Å². The Bertz CT molecular complexity index is 3520. The zero-order valence-corrected chi connectivity index (χ0v) is 33.2. The van der Waals surface area contributed by atoms with Gasteiger partial charge in [-0.1, -0.05) is 152 Å². The standard InChI is InChI=1S/C58H38N2O/c1-2-12-39(13-3-1)43-15-10-17-48(36-43)59(47-32-26-41(27-33-47)45-29-34-53-54-35-28-42-14-4-5-19-50(42)58(54)61-57(53)38-45)46-30-24-40(25-31-46)44-16-11-18-49(37-44)60-55-22-8-6-20-51(55)52-21-7-9-23-56(52)60/h1-38H. The van der Waals surface area contributed by atoms with E-state index in [1.54, 1.807) is 0 Å². The Balaban J connectivity index is 0.918. The first-order valence-electron chi connectivity index (χ1n) is 20.8. The smallest absolute Gasteiger partial charge is 0.143 e. The van der Waals surface area contributed by atoms with Crippen LogP contribution in [0.25, 0.3) is 93.6 Å². The number of furan rings is 1. The summed E-state index contributed by atoms with van der Waals surface area (Å²) in [6.45, 7) is 0. The number of anilines is 3. The average molecular weight is 779 g/mol. The molecule has 0 radical (unpaired) electrons. The number of rotatable bonds is 7. The molecule has 0 unspecified atom stereocenters. The summed E-state index contributed by atoms with van der Waals surface area (Å²) in [4.78, 5) is 2.35. The van der Waals surface area contributed by atoms with Gasteiger partial charge >= 0.3 is 0 Å². The van der Waals surface area contributed by atoms with Crippen molar-refractivity contribution in [3.63, 3.8) is 0 Å². The summed E-state index contributed by atoms with van der Waals surface area (Å²) in [6, 6.07) is 82.9. The number of fused-ring (bicyclic) bond motifs is 8. The predicted molar refractivity (Wildman–Crippen MR) is 257 cm³/mol. The van der Waals surface area contributed by atoms with Gasteiger partial charge in [-0.15, -0.1) is 0 Å². The summed E-state index contributed by atoms with van der Waals surface area (Å²) >= 11 is 0. The van der Waals surface area contributed by atoms with Crippen LogP contribution in [0.5, 0.6) is 0 Å². The highest BCUT2D eigenvalue weighted by Crippen LogP contribution is 2.41. The summed E-state index contributed by atoms with van der Waals surface area (Å²) < 4.78 is 8.92. The second kappa shape index (κ2) is 14.3. The van der Waals surface area contributed by atoms with Crippen LogP contribution in [0.1, 0.15) is 0 Å². The van der Waals surface area contributed by atoms with Crippen molar-refractivity contribution in [1.82, 2.24) is 4.57 Å². The molecule has 286 valence electrons. The molecule has 0 bridgehead atoms. The van der Waals surface area contributed by atoms with Crippen LogP contribution in [0.3, 0.4) is 0 Å². The third kappa shape index (κ3) is 5.98. The zero-order valence-electron chi connectivity index (χ0n) is 33.2. The number of aromatic nitrogens is 1. The molecule has 0 atom stereocenters. The van der Waals surface area contributed by atoms with Gasteiger partial charge in [0.05, 0.1) is 11.0 Å². The van der Waals surface area contributed by atoms with E-state index in [-0.39, 0.29) is 0 Å². The lowest BCUT2D eigenvalue weighted by molar-refractivity contribution is 0.673. The Kier molecular flexibility index (Phi) is 8.17. The highest BCUT2D eigenvalue weighted by molar-refractivity contribution is 6.15. The van der Waals surface area contributed by atoms with Crippen molar-refractivity contribution < 1.29 is 4.42 Å². The van der Waals surface area contributed by atoms with Crippen molar-refractivity contribution in [1.29, 1.82) is 0 Å². The van der Waals surface area contributed by atoms with Gasteiger partial charge in [0.1, 0.15) is 11.2 Å². The Hall–Kier alpha value is -8.14. The maximum absolute atomic E-state index is 6.54. The van der Waals surface area contributed by atoms with Gasteiger partial charge in [-0.2, -0.15) is 0 Å². The maximum Gasteiger partial charge on any atom is 0.143 e. The topological polar surface area (TPSA) is 21.3 Å². The van der Waals surface area contributed by atoms with Gasteiger partial charge in [-0.05, 0) is 118 Å².